The number of likely N-dealkylation sites (N-methyl/N-ethyl adjacent to an activating group) is 1. The van der Waals surface area contributed by atoms with Gasteiger partial charge in [-0.25, -0.2) is 4.57 Å². The van der Waals surface area contributed by atoms with Crippen LogP contribution in [-0.4, -0.2) is 92.3 Å². The summed E-state index contributed by atoms with van der Waals surface area (Å²) in [6.45, 7) is 7.61. The molecule has 214 valence electrons. The van der Waals surface area contributed by atoms with E-state index in [1.54, 1.807) is 27.7 Å². The summed E-state index contributed by atoms with van der Waals surface area (Å²) in [5.74, 6) is 0.253. The zero-order valence-corrected chi connectivity index (χ0v) is 25.6. The summed E-state index contributed by atoms with van der Waals surface area (Å²) in [5.41, 5.74) is -2.49. The molecule has 0 saturated heterocycles. The summed E-state index contributed by atoms with van der Waals surface area (Å²) in [5, 5.41) is 0. The van der Waals surface area contributed by atoms with Crippen molar-refractivity contribution < 1.29 is 51.6 Å². The van der Waals surface area contributed by atoms with Crippen molar-refractivity contribution in [3.05, 3.63) is 0 Å². The molecule has 1 N–H and O–H groups in total. The van der Waals surface area contributed by atoms with Gasteiger partial charge in [-0.2, -0.15) is 0 Å². The second-order valence-corrected chi connectivity index (χ2v) is 14.0. The van der Waals surface area contributed by atoms with E-state index in [1.165, 1.54) is 6.92 Å². The second-order valence-electron chi connectivity index (χ2n) is 10.8. The zero-order valence-electron chi connectivity index (χ0n) is 23.1. The van der Waals surface area contributed by atoms with Crippen LogP contribution in [0, 0.1) is 23.2 Å². The van der Waals surface area contributed by atoms with Gasteiger partial charge in [-0.3, -0.25) is 23.4 Å². The Morgan fingerprint density at radius 2 is 1.49 bits per heavy atom. The van der Waals surface area contributed by atoms with Gasteiger partial charge in [0, 0.05) is 0 Å². The van der Waals surface area contributed by atoms with Gasteiger partial charge in [-0.15, -0.1) is 6.42 Å². The summed E-state index contributed by atoms with van der Waals surface area (Å²) < 4.78 is 36.6. The molecule has 0 radical (unpaired) electrons. The Balaban J connectivity index is 5.46. The van der Waals surface area contributed by atoms with Gasteiger partial charge >= 0.3 is 25.7 Å². The van der Waals surface area contributed by atoms with Crippen LogP contribution in [0.15, 0.2) is 0 Å². The minimum Gasteiger partial charge on any atom is -0.466 e. The van der Waals surface area contributed by atoms with E-state index in [0.717, 1.165) is 0 Å². The molecule has 0 aliphatic heterocycles. The zero-order chi connectivity index (χ0) is 29.1. The van der Waals surface area contributed by atoms with Crippen molar-refractivity contribution in [2.45, 2.75) is 51.8 Å². The molecule has 0 fully saturated rings. The standard InChI is InChI=1S/C24H41BrNO10P/c1-10-13-33-21(29)24(6,25)18-23(5,17-22(3,4)19(27)32-11-2)20(28)34-15-16-36-37(30,31)35-14-12-26(7,8)9/h1H,11-18H2,2-9H3/p+1. The molecule has 11 nitrogen and oxygen atoms in total. The van der Waals surface area contributed by atoms with Crippen molar-refractivity contribution in [3.8, 4) is 12.3 Å². The number of hydrogen-bond donors (Lipinski definition) is 1. The summed E-state index contributed by atoms with van der Waals surface area (Å²) in [6, 6.07) is 0. The van der Waals surface area contributed by atoms with Crippen LogP contribution in [0.4, 0.5) is 0 Å². The minimum absolute atomic E-state index is 0.00229. The fraction of sp³-hybridized carbons (Fsp3) is 0.792. The predicted octanol–water partition coefficient (Wildman–Crippen LogP) is 3.08. The lowest BCUT2D eigenvalue weighted by Crippen LogP contribution is -2.45. The van der Waals surface area contributed by atoms with E-state index < -0.39 is 47.5 Å². The summed E-state index contributed by atoms with van der Waals surface area (Å²) in [7, 11) is 1.37. The Labute approximate surface area is 228 Å². The Bertz CT molecular complexity index is 878. The van der Waals surface area contributed by atoms with Crippen LogP contribution in [0.2, 0.25) is 0 Å². The molecule has 0 aromatic heterocycles. The molecule has 0 rings (SSSR count). The molecule has 3 atom stereocenters. The average molecular weight is 615 g/mol. The maximum atomic E-state index is 13.2. The molecule has 13 heteroatoms. The van der Waals surface area contributed by atoms with Gasteiger partial charge in [0.1, 0.15) is 24.1 Å². The van der Waals surface area contributed by atoms with E-state index in [1.807, 2.05) is 21.1 Å². The van der Waals surface area contributed by atoms with Crippen molar-refractivity contribution in [1.29, 1.82) is 0 Å². The molecule has 0 amide bonds. The van der Waals surface area contributed by atoms with Crippen LogP contribution in [0.1, 0.15) is 47.5 Å². The van der Waals surface area contributed by atoms with Gasteiger partial charge in [-0.1, -0.05) is 21.9 Å². The Morgan fingerprint density at radius 3 is 2.00 bits per heavy atom. The largest absolute Gasteiger partial charge is 0.472 e. The Hall–Kier alpha value is -1.48. The number of esters is 3. The number of phosphoric ester groups is 1. The first-order valence-electron chi connectivity index (χ1n) is 11.8. The third kappa shape index (κ3) is 13.8. The molecule has 3 unspecified atom stereocenters. The number of terminal acetylenes is 1. The fourth-order valence-electron chi connectivity index (χ4n) is 3.57. The van der Waals surface area contributed by atoms with Gasteiger partial charge in [0.05, 0.1) is 45.2 Å². The van der Waals surface area contributed by atoms with E-state index in [-0.39, 0.29) is 39.3 Å². The highest BCUT2D eigenvalue weighted by Crippen LogP contribution is 2.45. The highest BCUT2D eigenvalue weighted by molar-refractivity contribution is 9.10. The molecule has 0 heterocycles. The number of quaternary nitrogens is 1. The first-order valence-corrected chi connectivity index (χ1v) is 14.1. The lowest BCUT2D eigenvalue weighted by molar-refractivity contribution is -0.870. The number of alkyl halides is 1. The molecular weight excluding hydrogens is 573 g/mol. The average Bonchev–Trinajstić information content (AvgIpc) is 2.72. The maximum Gasteiger partial charge on any atom is 0.472 e. The molecule has 0 aromatic carbocycles. The number of phosphoric acid groups is 1. The first kappa shape index (κ1) is 35.5. The van der Waals surface area contributed by atoms with E-state index in [4.69, 9.17) is 29.7 Å². The molecule has 0 aromatic rings. The van der Waals surface area contributed by atoms with E-state index >= 15 is 0 Å². The van der Waals surface area contributed by atoms with E-state index in [9.17, 15) is 23.8 Å². The Kier molecular flexibility index (Phi) is 14.0. The smallest absolute Gasteiger partial charge is 0.466 e. The van der Waals surface area contributed by atoms with Gasteiger partial charge in [0.25, 0.3) is 0 Å². The van der Waals surface area contributed by atoms with E-state index in [2.05, 4.69) is 21.9 Å². The SMILES string of the molecule is C#CCOC(=O)C(C)(Br)CC(C)(CC(C)(C)C(=O)OCC)C(=O)OCCOP(=O)(O)OCC[N+](C)(C)C. The lowest BCUT2D eigenvalue weighted by Gasteiger charge is -2.37. The first-order chi connectivity index (χ1) is 16.7. The van der Waals surface area contributed by atoms with Gasteiger partial charge < -0.3 is 23.6 Å². The van der Waals surface area contributed by atoms with Crippen LogP contribution in [0.5, 0.6) is 0 Å². The van der Waals surface area contributed by atoms with Gasteiger partial charge in [-0.05, 0) is 47.5 Å². The summed E-state index contributed by atoms with van der Waals surface area (Å²) >= 11 is 3.32. The Morgan fingerprint density at radius 1 is 0.919 bits per heavy atom. The number of nitrogens with zero attached hydrogens (tertiary/aromatic N) is 1. The van der Waals surface area contributed by atoms with Crippen molar-refractivity contribution in [2.24, 2.45) is 10.8 Å². The summed E-state index contributed by atoms with van der Waals surface area (Å²) in [6.07, 6.45) is 5.01. The van der Waals surface area contributed by atoms with Crippen LogP contribution in [0.3, 0.4) is 0 Å². The topological polar surface area (TPSA) is 135 Å². The number of carbonyl (C=O) groups is 3. The molecule has 0 aliphatic carbocycles. The molecule has 0 bridgehead atoms. The number of ether oxygens (including phenoxy) is 3. The van der Waals surface area contributed by atoms with Gasteiger partial charge in [0.2, 0.25) is 0 Å². The molecular formula is C24H42BrNO10P+. The third-order valence-corrected chi connectivity index (χ3v) is 6.80. The van der Waals surface area contributed by atoms with Crippen molar-refractivity contribution in [3.63, 3.8) is 0 Å². The number of hydrogen-bond acceptors (Lipinski definition) is 9. The second kappa shape index (κ2) is 14.6. The highest BCUT2D eigenvalue weighted by atomic mass is 79.9. The molecule has 0 aliphatic rings. The molecule has 37 heavy (non-hydrogen) atoms. The normalized spacial score (nSPS) is 16.9. The van der Waals surface area contributed by atoms with Gasteiger partial charge in [0.15, 0.2) is 6.61 Å². The van der Waals surface area contributed by atoms with Crippen LogP contribution < -0.4 is 0 Å². The predicted molar refractivity (Wildman–Crippen MR) is 140 cm³/mol. The number of carbonyl (C=O) groups excluding carboxylic acids is 3. The highest BCUT2D eigenvalue weighted by Gasteiger charge is 2.49. The number of halogens is 1. The van der Waals surface area contributed by atoms with Crippen molar-refractivity contribution >= 4 is 41.7 Å². The maximum absolute atomic E-state index is 13.2. The van der Waals surface area contributed by atoms with Crippen LogP contribution in [0.25, 0.3) is 0 Å². The quantitative estimate of drug-likeness (QED) is 0.0495. The minimum atomic E-state index is -4.34. The molecule has 0 spiro atoms. The van der Waals surface area contributed by atoms with Crippen molar-refractivity contribution in [1.82, 2.24) is 0 Å². The number of rotatable bonds is 17. The van der Waals surface area contributed by atoms with Crippen LogP contribution in [-0.2, 0) is 42.2 Å². The van der Waals surface area contributed by atoms with Crippen molar-refractivity contribution in [2.75, 3.05) is 60.7 Å². The fourth-order valence-corrected chi connectivity index (χ4v) is 5.00. The monoisotopic (exact) mass is 614 g/mol. The summed E-state index contributed by atoms with van der Waals surface area (Å²) in [4.78, 5) is 48.1. The lowest BCUT2D eigenvalue weighted by atomic mass is 9.69. The van der Waals surface area contributed by atoms with Crippen LogP contribution >= 0.6 is 23.8 Å². The third-order valence-electron chi connectivity index (χ3n) is 5.17. The molecule has 0 saturated carbocycles. The van der Waals surface area contributed by atoms with E-state index in [0.29, 0.717) is 11.0 Å².